The van der Waals surface area contributed by atoms with Crippen molar-refractivity contribution in [2.75, 3.05) is 58.6 Å². The Balaban J connectivity index is 1.24. The molecule has 2 bridgehead atoms. The van der Waals surface area contributed by atoms with Gasteiger partial charge in [-0.3, -0.25) is 9.88 Å². The first-order chi connectivity index (χ1) is 25.0. The van der Waals surface area contributed by atoms with Crippen LogP contribution in [0.4, 0.5) is 23.8 Å². The van der Waals surface area contributed by atoms with E-state index in [1.165, 1.54) is 17.2 Å². The quantitative estimate of drug-likeness (QED) is 0.210. The summed E-state index contributed by atoms with van der Waals surface area (Å²) in [6, 6.07) is 6.17. The standard InChI is InChI=1S/C38H43F3N6O5/c1-4-26-29(40)7-6-22-12-25(51-20-52-37(49)45(2)3)13-27(31(22)26)33-32(41)34-28(15-42-33)35(46-16-21-10-23(17-46)30(48)11-21)44-36(43-34)50-19-38-8-5-9-47(38)18-24(39)14-38/h6-7,12-13,15,21,23-24,30,48H,4-5,8-11,14,16-20H2,1-3H3/t21-,23-,24-,30-,38+/m1/s1. The molecule has 1 N–H and O–H groups in total. The van der Waals surface area contributed by atoms with E-state index in [-0.39, 0.29) is 47.0 Å². The largest absolute Gasteiger partial charge is 0.461 e. The molecule has 0 spiro atoms. The Hall–Kier alpha value is -4.43. The van der Waals surface area contributed by atoms with Gasteiger partial charge in [0.15, 0.2) is 5.82 Å². The molecule has 1 amide bonds. The van der Waals surface area contributed by atoms with Gasteiger partial charge in [0.25, 0.3) is 0 Å². The first-order valence-electron chi connectivity index (χ1n) is 18.1. The predicted molar refractivity (Wildman–Crippen MR) is 188 cm³/mol. The van der Waals surface area contributed by atoms with E-state index in [1.807, 2.05) is 6.92 Å². The maximum Gasteiger partial charge on any atom is 0.412 e. The zero-order chi connectivity index (χ0) is 36.3. The second-order valence-corrected chi connectivity index (χ2v) is 15.0. The number of nitrogens with zero attached hydrogens (tertiary/aromatic N) is 6. The van der Waals surface area contributed by atoms with Crippen LogP contribution in [0.2, 0.25) is 0 Å². The van der Waals surface area contributed by atoms with E-state index in [2.05, 4.69) is 19.8 Å². The molecule has 0 unspecified atom stereocenters. The van der Waals surface area contributed by atoms with Crippen LogP contribution in [-0.2, 0) is 11.2 Å². The summed E-state index contributed by atoms with van der Waals surface area (Å²) in [6.45, 7) is 3.92. The van der Waals surface area contributed by atoms with Crippen molar-refractivity contribution in [1.29, 1.82) is 0 Å². The van der Waals surface area contributed by atoms with E-state index < -0.39 is 42.3 Å². The summed E-state index contributed by atoms with van der Waals surface area (Å²) < 4.78 is 64.3. The monoisotopic (exact) mass is 720 g/mol. The minimum atomic E-state index is -0.939. The number of aliphatic hydroxyl groups excluding tert-OH is 1. The number of halogens is 3. The molecule has 8 rings (SSSR count). The molecule has 5 atom stereocenters. The Morgan fingerprint density at radius 3 is 2.75 bits per heavy atom. The molecule has 5 heterocycles. The number of aromatic nitrogens is 3. The van der Waals surface area contributed by atoms with Crippen LogP contribution < -0.4 is 14.4 Å². The molecule has 1 saturated carbocycles. The predicted octanol–water partition coefficient (Wildman–Crippen LogP) is 5.88. The maximum atomic E-state index is 17.2. The van der Waals surface area contributed by atoms with Crippen LogP contribution in [0.1, 0.15) is 44.6 Å². The Morgan fingerprint density at radius 1 is 1.12 bits per heavy atom. The van der Waals surface area contributed by atoms with Gasteiger partial charge in [0, 0.05) is 57.8 Å². The molecule has 0 radical (unpaired) electrons. The van der Waals surface area contributed by atoms with E-state index in [9.17, 15) is 14.3 Å². The summed E-state index contributed by atoms with van der Waals surface area (Å²) in [6.07, 6.45) is 3.63. The van der Waals surface area contributed by atoms with Crippen LogP contribution in [-0.4, -0.2) is 107 Å². The Bertz CT molecular complexity index is 2030. The number of pyridine rings is 1. The lowest BCUT2D eigenvalue weighted by Gasteiger charge is -2.34. The lowest BCUT2D eigenvalue weighted by atomic mass is 9.94. The third kappa shape index (κ3) is 6.13. The summed E-state index contributed by atoms with van der Waals surface area (Å²) in [5, 5.41) is 12.1. The minimum Gasteiger partial charge on any atom is -0.461 e. The van der Waals surface area contributed by atoms with Crippen molar-refractivity contribution >= 4 is 33.6 Å². The van der Waals surface area contributed by atoms with Gasteiger partial charge in [-0.2, -0.15) is 9.97 Å². The van der Waals surface area contributed by atoms with E-state index in [0.29, 0.717) is 66.4 Å². The molecular weight excluding hydrogens is 677 g/mol. The van der Waals surface area contributed by atoms with Crippen LogP contribution in [0.5, 0.6) is 11.8 Å². The van der Waals surface area contributed by atoms with Gasteiger partial charge in [-0.15, -0.1) is 0 Å². The van der Waals surface area contributed by atoms with Crippen LogP contribution in [0.3, 0.4) is 0 Å². The Kier molecular flexibility index (Phi) is 9.01. The molecular formula is C38H43F3N6O5. The van der Waals surface area contributed by atoms with Gasteiger partial charge in [-0.05, 0) is 79.1 Å². The number of rotatable bonds is 9. The summed E-state index contributed by atoms with van der Waals surface area (Å²) in [5.41, 5.74) is 0.110. The fourth-order valence-corrected chi connectivity index (χ4v) is 8.95. The third-order valence-corrected chi connectivity index (χ3v) is 11.4. The Morgan fingerprint density at radius 2 is 1.96 bits per heavy atom. The number of carbonyl (C=O) groups excluding carboxylic acids is 1. The molecule has 4 aromatic rings. The number of alkyl halides is 1. The molecule has 276 valence electrons. The average Bonchev–Trinajstić information content (AvgIpc) is 3.74. The van der Waals surface area contributed by atoms with Gasteiger partial charge in [-0.25, -0.2) is 18.0 Å². The summed E-state index contributed by atoms with van der Waals surface area (Å²) in [7, 11) is 3.10. The highest BCUT2D eigenvalue weighted by atomic mass is 19.1. The fourth-order valence-electron chi connectivity index (χ4n) is 8.95. The lowest BCUT2D eigenvalue weighted by molar-refractivity contribution is 0.0434. The molecule has 3 aliphatic heterocycles. The number of hydrogen-bond donors (Lipinski definition) is 1. The number of ether oxygens (including phenoxy) is 3. The SMILES string of the molecule is CCc1c(F)ccc2cc(OCOC(=O)N(C)C)cc(-c3ncc4c(N5C[C@@H]6C[C@H](C5)[C@H](O)C6)nc(OC[C@@]56CCCN5C[C@H](F)C6)nc4c3F)c12. The molecule has 52 heavy (non-hydrogen) atoms. The second kappa shape index (κ2) is 13.5. The van der Waals surface area contributed by atoms with Gasteiger partial charge in [0.2, 0.25) is 6.79 Å². The van der Waals surface area contributed by atoms with Crippen LogP contribution >= 0.6 is 0 Å². The molecule has 4 fully saturated rings. The molecule has 11 nitrogen and oxygen atoms in total. The van der Waals surface area contributed by atoms with Gasteiger partial charge in [0.1, 0.15) is 41.4 Å². The van der Waals surface area contributed by atoms with Gasteiger partial charge in [-0.1, -0.05) is 13.0 Å². The normalized spacial score (nSPS) is 25.6. The highest BCUT2D eigenvalue weighted by molar-refractivity contribution is 6.01. The molecule has 3 saturated heterocycles. The number of amides is 1. The van der Waals surface area contributed by atoms with Crippen LogP contribution in [0.15, 0.2) is 30.5 Å². The number of carbonyl (C=O) groups is 1. The first-order valence-corrected chi connectivity index (χ1v) is 18.1. The second-order valence-electron chi connectivity index (χ2n) is 15.0. The molecule has 2 aromatic heterocycles. The number of hydrogen-bond acceptors (Lipinski definition) is 10. The van der Waals surface area contributed by atoms with Crippen molar-refractivity contribution in [3.63, 3.8) is 0 Å². The fraction of sp³-hybridized carbons (Fsp3) is 0.526. The minimum absolute atomic E-state index is 0.0205. The molecule has 4 aliphatic rings. The number of anilines is 1. The number of piperidine rings is 1. The van der Waals surface area contributed by atoms with Gasteiger partial charge >= 0.3 is 12.1 Å². The summed E-state index contributed by atoms with van der Waals surface area (Å²) in [5.74, 6) is -0.135. The summed E-state index contributed by atoms with van der Waals surface area (Å²) in [4.78, 5) is 31.5. The number of fused-ring (bicyclic) bond motifs is 5. The smallest absolute Gasteiger partial charge is 0.412 e. The molecule has 14 heteroatoms. The maximum absolute atomic E-state index is 17.2. The highest BCUT2D eigenvalue weighted by Crippen LogP contribution is 2.44. The van der Waals surface area contributed by atoms with Crippen molar-refractivity contribution in [3.8, 4) is 23.0 Å². The number of benzene rings is 2. The molecule has 2 aromatic carbocycles. The highest BCUT2D eigenvalue weighted by Gasteiger charge is 2.49. The van der Waals surface area contributed by atoms with Crippen molar-refractivity contribution in [2.24, 2.45) is 11.8 Å². The lowest BCUT2D eigenvalue weighted by Crippen LogP contribution is -2.43. The van der Waals surface area contributed by atoms with Gasteiger partial charge < -0.3 is 29.1 Å². The summed E-state index contributed by atoms with van der Waals surface area (Å²) >= 11 is 0. The van der Waals surface area contributed by atoms with Gasteiger partial charge in [0.05, 0.1) is 17.0 Å². The van der Waals surface area contributed by atoms with Crippen molar-refractivity contribution in [2.45, 2.75) is 63.3 Å². The first kappa shape index (κ1) is 34.6. The van der Waals surface area contributed by atoms with E-state index in [0.717, 1.165) is 25.8 Å². The zero-order valence-corrected chi connectivity index (χ0v) is 29.6. The van der Waals surface area contributed by atoms with Crippen LogP contribution in [0, 0.1) is 23.5 Å². The average molecular weight is 721 g/mol. The van der Waals surface area contributed by atoms with Crippen molar-refractivity contribution in [1.82, 2.24) is 24.8 Å². The third-order valence-electron chi connectivity index (χ3n) is 11.4. The topological polar surface area (TPSA) is 113 Å². The zero-order valence-electron chi connectivity index (χ0n) is 29.6. The Labute approximate surface area is 299 Å². The van der Waals surface area contributed by atoms with E-state index in [1.54, 1.807) is 32.3 Å². The number of aryl methyl sites for hydroxylation is 1. The number of aliphatic hydroxyl groups is 1. The van der Waals surface area contributed by atoms with E-state index in [4.69, 9.17) is 19.2 Å². The van der Waals surface area contributed by atoms with Crippen molar-refractivity contribution in [3.05, 3.63) is 47.7 Å². The van der Waals surface area contributed by atoms with Crippen molar-refractivity contribution < 1.29 is 37.3 Å². The molecule has 1 aliphatic carbocycles. The van der Waals surface area contributed by atoms with Crippen LogP contribution in [0.25, 0.3) is 32.9 Å². The van der Waals surface area contributed by atoms with E-state index >= 15 is 8.78 Å².